The Balaban J connectivity index is 1.96. The van der Waals surface area contributed by atoms with Crippen molar-refractivity contribution in [2.24, 2.45) is 0 Å². The van der Waals surface area contributed by atoms with Crippen LogP contribution in [0.15, 0.2) is 42.7 Å². The molecule has 0 spiro atoms. The van der Waals surface area contributed by atoms with Gasteiger partial charge in [-0.15, -0.1) is 0 Å². The zero-order valence-corrected chi connectivity index (χ0v) is 14.2. The first kappa shape index (κ1) is 17.7. The van der Waals surface area contributed by atoms with E-state index in [-0.39, 0.29) is 11.1 Å². The molecule has 3 aromatic rings. The van der Waals surface area contributed by atoms with Crippen molar-refractivity contribution < 1.29 is 17.6 Å². The minimum absolute atomic E-state index is 0.103. The molecule has 1 aliphatic rings. The summed E-state index contributed by atoms with van der Waals surface area (Å²) in [5.74, 6) is -0.245. The van der Waals surface area contributed by atoms with Crippen molar-refractivity contribution in [3.63, 3.8) is 0 Å². The molecule has 4 rings (SSSR count). The monoisotopic (exact) mass is 376 g/mol. The topological polar surface area (TPSA) is 41.1 Å². The van der Waals surface area contributed by atoms with Gasteiger partial charge >= 0.3 is 6.18 Å². The Hall–Kier alpha value is -2.74. The number of hydrogen-bond donors (Lipinski definition) is 1. The Morgan fingerprint density at radius 3 is 2.41 bits per heavy atom. The zero-order chi connectivity index (χ0) is 19.0. The predicted octanol–water partition coefficient (Wildman–Crippen LogP) is 3.86. The number of hydrogen-bond acceptors (Lipinski definition) is 4. The van der Waals surface area contributed by atoms with Gasteiger partial charge in [-0.2, -0.15) is 13.2 Å². The normalized spacial score (nSPS) is 15.3. The Morgan fingerprint density at radius 2 is 1.70 bits per heavy atom. The molecule has 0 aliphatic carbocycles. The lowest BCUT2D eigenvalue weighted by Crippen LogP contribution is -2.44. The summed E-state index contributed by atoms with van der Waals surface area (Å²) in [5.41, 5.74) is -0.872. The Labute approximate surface area is 152 Å². The fourth-order valence-corrected chi connectivity index (χ4v) is 3.36. The number of piperazine rings is 1. The first-order valence-corrected chi connectivity index (χ1v) is 8.51. The molecule has 27 heavy (non-hydrogen) atoms. The van der Waals surface area contributed by atoms with Gasteiger partial charge in [0.25, 0.3) is 0 Å². The highest BCUT2D eigenvalue weighted by atomic mass is 19.4. The molecule has 2 aromatic carbocycles. The zero-order valence-electron chi connectivity index (χ0n) is 14.2. The number of aromatic nitrogens is 2. The van der Waals surface area contributed by atoms with E-state index in [1.165, 1.54) is 30.6 Å². The van der Waals surface area contributed by atoms with Crippen molar-refractivity contribution in [2.75, 3.05) is 31.1 Å². The van der Waals surface area contributed by atoms with Gasteiger partial charge in [-0.05, 0) is 23.8 Å². The number of nitrogens with zero attached hydrogens (tertiary/aromatic N) is 3. The molecular weight excluding hydrogens is 360 g/mol. The third-order valence-electron chi connectivity index (χ3n) is 4.64. The smallest absolute Gasteiger partial charge is 0.353 e. The third-order valence-corrected chi connectivity index (χ3v) is 4.64. The average molecular weight is 376 g/mol. The van der Waals surface area contributed by atoms with Crippen LogP contribution in [0, 0.1) is 5.82 Å². The Bertz CT molecular complexity index is 981. The van der Waals surface area contributed by atoms with Crippen LogP contribution in [-0.4, -0.2) is 36.1 Å². The van der Waals surface area contributed by atoms with Crippen molar-refractivity contribution in [2.45, 2.75) is 6.18 Å². The van der Waals surface area contributed by atoms with E-state index in [2.05, 4.69) is 15.3 Å². The van der Waals surface area contributed by atoms with E-state index in [1.807, 2.05) is 4.90 Å². The largest absolute Gasteiger partial charge is 0.417 e. The van der Waals surface area contributed by atoms with Crippen LogP contribution in [0.5, 0.6) is 0 Å². The van der Waals surface area contributed by atoms with E-state index >= 15 is 0 Å². The van der Waals surface area contributed by atoms with E-state index in [0.29, 0.717) is 29.8 Å². The third kappa shape index (κ3) is 3.32. The molecule has 1 fully saturated rings. The highest BCUT2D eigenvalue weighted by Crippen LogP contribution is 2.41. The van der Waals surface area contributed by atoms with Gasteiger partial charge < -0.3 is 10.2 Å². The summed E-state index contributed by atoms with van der Waals surface area (Å²) in [5, 5.41) is 3.51. The van der Waals surface area contributed by atoms with Crippen LogP contribution in [0.3, 0.4) is 0 Å². The number of benzene rings is 2. The first-order chi connectivity index (χ1) is 12.9. The summed E-state index contributed by atoms with van der Waals surface area (Å²) in [4.78, 5) is 10.3. The molecule has 0 radical (unpaired) electrons. The van der Waals surface area contributed by atoms with E-state index < -0.39 is 17.6 Å². The maximum absolute atomic E-state index is 14.2. The standard InChI is InChI=1S/C19H16F4N4/c20-16-4-2-1-3-12(16)13-10-17-14(9-15(13)19(21,22)23)18(26-11-25-17)27-7-5-24-6-8-27/h1-4,9-11,24H,5-8H2. The molecule has 1 aliphatic heterocycles. The van der Waals surface area contributed by atoms with Crippen LogP contribution in [0.1, 0.15) is 5.56 Å². The molecule has 0 amide bonds. The van der Waals surface area contributed by atoms with Crippen LogP contribution >= 0.6 is 0 Å². The summed E-state index contributed by atoms with van der Waals surface area (Å²) in [7, 11) is 0. The van der Waals surface area contributed by atoms with Crippen molar-refractivity contribution in [3.05, 3.63) is 54.1 Å². The highest BCUT2D eigenvalue weighted by molar-refractivity contribution is 5.94. The number of nitrogens with one attached hydrogen (secondary N) is 1. The molecular formula is C19H16F4N4. The minimum atomic E-state index is -4.64. The number of alkyl halides is 3. The fraction of sp³-hybridized carbons (Fsp3) is 0.263. The number of anilines is 1. The summed E-state index contributed by atoms with van der Waals surface area (Å²) < 4.78 is 55.5. The van der Waals surface area contributed by atoms with Crippen molar-refractivity contribution in [3.8, 4) is 11.1 Å². The molecule has 0 saturated carbocycles. The molecule has 0 bridgehead atoms. The van der Waals surface area contributed by atoms with E-state index in [0.717, 1.165) is 25.2 Å². The van der Waals surface area contributed by atoms with Gasteiger partial charge in [0.05, 0.1) is 11.1 Å². The van der Waals surface area contributed by atoms with Crippen LogP contribution in [0.25, 0.3) is 22.0 Å². The highest BCUT2D eigenvalue weighted by Gasteiger charge is 2.35. The first-order valence-electron chi connectivity index (χ1n) is 8.51. The molecule has 1 saturated heterocycles. The molecule has 140 valence electrons. The minimum Gasteiger partial charge on any atom is -0.353 e. The molecule has 1 aromatic heterocycles. The van der Waals surface area contributed by atoms with Crippen LogP contribution in [-0.2, 0) is 6.18 Å². The van der Waals surface area contributed by atoms with Gasteiger partial charge in [0.15, 0.2) is 0 Å². The van der Waals surface area contributed by atoms with Gasteiger partial charge in [-0.25, -0.2) is 14.4 Å². The second kappa shape index (κ2) is 6.77. The summed E-state index contributed by atoms with van der Waals surface area (Å²) >= 11 is 0. The van der Waals surface area contributed by atoms with E-state index in [4.69, 9.17) is 0 Å². The lowest BCUT2D eigenvalue weighted by Gasteiger charge is -2.29. The average Bonchev–Trinajstić information content (AvgIpc) is 2.67. The van der Waals surface area contributed by atoms with E-state index in [1.54, 1.807) is 0 Å². The lowest BCUT2D eigenvalue weighted by atomic mass is 9.96. The predicted molar refractivity (Wildman–Crippen MR) is 95.0 cm³/mol. The van der Waals surface area contributed by atoms with Crippen LogP contribution < -0.4 is 10.2 Å². The second-order valence-corrected chi connectivity index (χ2v) is 6.33. The summed E-state index contributed by atoms with van der Waals surface area (Å²) in [6.07, 6.45) is -3.31. The van der Waals surface area contributed by atoms with Gasteiger partial charge in [-0.1, -0.05) is 18.2 Å². The van der Waals surface area contributed by atoms with Crippen LogP contribution in [0.2, 0.25) is 0 Å². The maximum atomic E-state index is 14.2. The second-order valence-electron chi connectivity index (χ2n) is 6.33. The van der Waals surface area contributed by atoms with Crippen molar-refractivity contribution in [1.82, 2.24) is 15.3 Å². The summed E-state index contributed by atoms with van der Waals surface area (Å²) in [6, 6.07) is 7.76. The van der Waals surface area contributed by atoms with Crippen LogP contribution in [0.4, 0.5) is 23.4 Å². The number of halogens is 4. The van der Waals surface area contributed by atoms with Gasteiger partial charge in [0.2, 0.25) is 0 Å². The number of rotatable bonds is 2. The van der Waals surface area contributed by atoms with E-state index in [9.17, 15) is 17.6 Å². The fourth-order valence-electron chi connectivity index (χ4n) is 3.36. The van der Waals surface area contributed by atoms with Crippen molar-refractivity contribution >= 4 is 16.7 Å². The quantitative estimate of drug-likeness (QED) is 0.690. The molecule has 1 N–H and O–H groups in total. The molecule has 0 unspecified atom stereocenters. The van der Waals surface area contributed by atoms with Crippen molar-refractivity contribution in [1.29, 1.82) is 0 Å². The molecule has 8 heteroatoms. The summed E-state index contributed by atoms with van der Waals surface area (Å²) in [6.45, 7) is 2.74. The molecule has 4 nitrogen and oxygen atoms in total. The molecule has 0 atom stereocenters. The van der Waals surface area contributed by atoms with Gasteiger partial charge in [0.1, 0.15) is 18.0 Å². The van der Waals surface area contributed by atoms with Gasteiger partial charge in [0, 0.05) is 37.1 Å². The Kier molecular flexibility index (Phi) is 4.43. The number of fused-ring (bicyclic) bond motifs is 1. The van der Waals surface area contributed by atoms with Gasteiger partial charge in [-0.3, -0.25) is 0 Å². The Morgan fingerprint density at radius 1 is 0.963 bits per heavy atom. The molecule has 2 heterocycles. The SMILES string of the molecule is Fc1ccccc1-c1cc2ncnc(N3CCNCC3)c2cc1C(F)(F)F. The maximum Gasteiger partial charge on any atom is 0.417 e. The lowest BCUT2D eigenvalue weighted by molar-refractivity contribution is -0.137.